The van der Waals surface area contributed by atoms with E-state index in [9.17, 15) is 18.0 Å². The summed E-state index contributed by atoms with van der Waals surface area (Å²) < 4.78 is 27.7. The minimum Gasteiger partial charge on any atom is -0.352 e. The van der Waals surface area contributed by atoms with Crippen molar-refractivity contribution in [1.29, 1.82) is 0 Å². The summed E-state index contributed by atoms with van der Waals surface area (Å²) in [5, 5.41) is 4.82. The molecule has 1 saturated carbocycles. The fraction of sp³-hybridized carbons (Fsp3) is 0.379. The summed E-state index contributed by atoms with van der Waals surface area (Å²) in [6.45, 7) is 1.67. The highest BCUT2D eigenvalue weighted by molar-refractivity contribution is 7.89. The Bertz CT molecular complexity index is 1340. The summed E-state index contributed by atoms with van der Waals surface area (Å²) in [6.07, 6.45) is 4.64. The van der Waals surface area contributed by atoms with Crippen molar-refractivity contribution in [2.75, 3.05) is 20.1 Å². The van der Waals surface area contributed by atoms with Gasteiger partial charge in [-0.1, -0.05) is 73.5 Å². The first-order valence-electron chi connectivity index (χ1n) is 12.8. The molecule has 8 heteroatoms. The van der Waals surface area contributed by atoms with Crippen LogP contribution in [0.3, 0.4) is 0 Å². The molecule has 7 nitrogen and oxygen atoms in total. The predicted molar refractivity (Wildman–Crippen MR) is 145 cm³/mol. The van der Waals surface area contributed by atoms with Gasteiger partial charge in [0, 0.05) is 19.6 Å². The molecule has 196 valence electrons. The lowest BCUT2D eigenvalue weighted by atomic mass is 10.1. The Morgan fingerprint density at radius 1 is 0.946 bits per heavy atom. The maximum absolute atomic E-state index is 13.5. The number of nitrogens with zero attached hydrogens (tertiary/aromatic N) is 2. The van der Waals surface area contributed by atoms with Gasteiger partial charge in [0.1, 0.15) is 6.04 Å². The SMILES string of the molecule is CC(C(=O)NC1CCCC1)N(CCc1ccccc1)C(=O)CN(C)S(=O)(=O)c1ccc2ccccc2c1. The van der Waals surface area contributed by atoms with Crippen LogP contribution in [0, 0.1) is 0 Å². The minimum absolute atomic E-state index is 0.129. The number of rotatable bonds is 10. The first kappa shape index (κ1) is 26.8. The number of hydrogen-bond donors (Lipinski definition) is 1. The summed E-state index contributed by atoms with van der Waals surface area (Å²) in [4.78, 5) is 28.2. The van der Waals surface area contributed by atoms with Crippen LogP contribution >= 0.6 is 0 Å². The fourth-order valence-corrected chi connectivity index (χ4v) is 5.99. The molecule has 1 aliphatic carbocycles. The standard InChI is InChI=1S/C29H35N3O4S/c1-22(29(34)30-26-14-8-9-15-26)32(19-18-23-10-4-3-5-11-23)28(33)21-31(2)37(35,36)27-17-16-24-12-6-7-13-25(24)20-27/h3-7,10-13,16-17,20,22,26H,8-9,14-15,18-19,21H2,1-2H3,(H,30,34). The molecule has 0 aromatic heterocycles. The first-order chi connectivity index (χ1) is 17.8. The number of carbonyl (C=O) groups is 2. The zero-order valence-electron chi connectivity index (χ0n) is 21.5. The largest absolute Gasteiger partial charge is 0.352 e. The van der Waals surface area contributed by atoms with Crippen LogP contribution in [0.2, 0.25) is 0 Å². The molecule has 0 saturated heterocycles. The molecule has 2 amide bonds. The lowest BCUT2D eigenvalue weighted by molar-refractivity contribution is -0.140. The van der Waals surface area contributed by atoms with Gasteiger partial charge in [0.05, 0.1) is 11.4 Å². The number of amides is 2. The van der Waals surface area contributed by atoms with Crippen molar-refractivity contribution in [2.24, 2.45) is 0 Å². The number of hydrogen-bond acceptors (Lipinski definition) is 4. The lowest BCUT2D eigenvalue weighted by Crippen LogP contribution is -2.53. The van der Waals surface area contributed by atoms with E-state index in [1.807, 2.05) is 54.6 Å². The zero-order chi connectivity index (χ0) is 26.4. The number of likely N-dealkylation sites (N-methyl/N-ethyl adjacent to an activating group) is 1. The van der Waals surface area contributed by atoms with Crippen molar-refractivity contribution in [1.82, 2.24) is 14.5 Å². The molecule has 1 unspecified atom stereocenters. The van der Waals surface area contributed by atoms with Gasteiger partial charge in [-0.2, -0.15) is 4.31 Å². The van der Waals surface area contributed by atoms with Gasteiger partial charge in [-0.25, -0.2) is 8.42 Å². The van der Waals surface area contributed by atoms with E-state index in [0.29, 0.717) is 13.0 Å². The van der Waals surface area contributed by atoms with Crippen LogP contribution in [0.15, 0.2) is 77.7 Å². The maximum atomic E-state index is 13.5. The average Bonchev–Trinajstić information content (AvgIpc) is 3.42. The van der Waals surface area contributed by atoms with E-state index in [4.69, 9.17) is 0 Å². The Morgan fingerprint density at radius 3 is 2.30 bits per heavy atom. The third-order valence-corrected chi connectivity index (χ3v) is 8.94. The van der Waals surface area contributed by atoms with Gasteiger partial charge in [-0.05, 0) is 54.7 Å². The highest BCUT2D eigenvalue weighted by atomic mass is 32.2. The number of fused-ring (bicyclic) bond motifs is 1. The first-order valence-corrected chi connectivity index (χ1v) is 14.3. The van der Waals surface area contributed by atoms with Crippen LogP contribution in [-0.4, -0.2) is 61.7 Å². The predicted octanol–water partition coefficient (Wildman–Crippen LogP) is 3.98. The molecule has 1 atom stereocenters. The van der Waals surface area contributed by atoms with E-state index in [2.05, 4.69) is 5.32 Å². The van der Waals surface area contributed by atoms with Crippen molar-refractivity contribution in [3.63, 3.8) is 0 Å². The van der Waals surface area contributed by atoms with Crippen molar-refractivity contribution >= 4 is 32.6 Å². The highest BCUT2D eigenvalue weighted by Gasteiger charge is 2.31. The van der Waals surface area contributed by atoms with E-state index >= 15 is 0 Å². The lowest BCUT2D eigenvalue weighted by Gasteiger charge is -2.31. The number of sulfonamides is 1. The molecule has 1 N–H and O–H groups in total. The van der Waals surface area contributed by atoms with E-state index in [-0.39, 0.29) is 23.4 Å². The molecule has 37 heavy (non-hydrogen) atoms. The van der Waals surface area contributed by atoms with Crippen LogP contribution < -0.4 is 5.32 Å². The highest BCUT2D eigenvalue weighted by Crippen LogP contribution is 2.22. The van der Waals surface area contributed by atoms with E-state index in [1.54, 1.807) is 25.1 Å². The van der Waals surface area contributed by atoms with Crippen molar-refractivity contribution in [2.45, 2.75) is 56.0 Å². The maximum Gasteiger partial charge on any atom is 0.243 e. The van der Waals surface area contributed by atoms with Crippen molar-refractivity contribution < 1.29 is 18.0 Å². The molecular formula is C29H35N3O4S. The second kappa shape index (κ2) is 11.9. The molecule has 0 bridgehead atoms. The molecule has 4 rings (SSSR count). The molecule has 0 spiro atoms. The van der Waals surface area contributed by atoms with Crippen LogP contribution in [0.4, 0.5) is 0 Å². The van der Waals surface area contributed by atoms with Crippen LogP contribution in [0.1, 0.15) is 38.2 Å². The molecule has 0 radical (unpaired) electrons. The second-order valence-corrected chi connectivity index (χ2v) is 11.8. The summed E-state index contributed by atoms with van der Waals surface area (Å²) in [6, 6.07) is 21.6. The number of nitrogens with one attached hydrogen (secondary N) is 1. The number of benzene rings is 3. The number of carbonyl (C=O) groups excluding carboxylic acids is 2. The van der Waals surface area contributed by atoms with Crippen molar-refractivity contribution in [3.05, 3.63) is 78.4 Å². The summed E-state index contributed by atoms with van der Waals surface area (Å²) in [5.41, 5.74) is 1.04. The summed E-state index contributed by atoms with van der Waals surface area (Å²) in [5.74, 6) is -0.606. The Morgan fingerprint density at radius 2 is 1.59 bits per heavy atom. The van der Waals surface area contributed by atoms with Gasteiger partial charge < -0.3 is 10.2 Å². The van der Waals surface area contributed by atoms with E-state index in [1.165, 1.54) is 11.9 Å². The molecule has 0 heterocycles. The monoisotopic (exact) mass is 521 g/mol. The summed E-state index contributed by atoms with van der Waals surface area (Å²) >= 11 is 0. The Kier molecular flexibility index (Phi) is 8.61. The molecule has 3 aromatic rings. The van der Waals surface area contributed by atoms with Crippen LogP contribution in [-0.2, 0) is 26.0 Å². The molecule has 3 aromatic carbocycles. The quantitative estimate of drug-likeness (QED) is 0.437. The third-order valence-electron chi connectivity index (χ3n) is 7.14. The third kappa shape index (κ3) is 6.56. The fourth-order valence-electron chi connectivity index (χ4n) is 4.84. The van der Waals surface area contributed by atoms with Crippen LogP contribution in [0.25, 0.3) is 10.8 Å². The molecule has 1 aliphatic rings. The van der Waals surface area contributed by atoms with Crippen LogP contribution in [0.5, 0.6) is 0 Å². The van der Waals surface area contributed by atoms with Gasteiger partial charge in [-0.3, -0.25) is 9.59 Å². The smallest absolute Gasteiger partial charge is 0.243 e. The van der Waals surface area contributed by atoms with E-state index < -0.39 is 22.0 Å². The summed E-state index contributed by atoms with van der Waals surface area (Å²) in [7, 11) is -2.50. The Balaban J connectivity index is 1.50. The van der Waals surface area contributed by atoms with Gasteiger partial charge in [-0.15, -0.1) is 0 Å². The van der Waals surface area contributed by atoms with Gasteiger partial charge in [0.25, 0.3) is 0 Å². The van der Waals surface area contributed by atoms with E-state index in [0.717, 1.165) is 46.3 Å². The molecular weight excluding hydrogens is 486 g/mol. The van der Waals surface area contributed by atoms with Gasteiger partial charge >= 0.3 is 0 Å². The topological polar surface area (TPSA) is 86.8 Å². The van der Waals surface area contributed by atoms with Crippen molar-refractivity contribution in [3.8, 4) is 0 Å². The minimum atomic E-state index is -3.91. The van der Waals surface area contributed by atoms with Gasteiger partial charge in [0.15, 0.2) is 0 Å². The second-order valence-electron chi connectivity index (χ2n) is 9.76. The average molecular weight is 522 g/mol. The zero-order valence-corrected chi connectivity index (χ0v) is 22.3. The van der Waals surface area contributed by atoms with Gasteiger partial charge in [0.2, 0.25) is 21.8 Å². The Labute approximate surface area is 219 Å². The normalized spacial score (nSPS) is 15.1. The molecule has 0 aliphatic heterocycles. The Hall–Kier alpha value is -3.23. The molecule has 1 fully saturated rings.